The highest BCUT2D eigenvalue weighted by Crippen LogP contribution is 2.28. The van der Waals surface area contributed by atoms with Crippen LogP contribution in [0.4, 0.5) is 13.2 Å². The zero-order valence-electron chi connectivity index (χ0n) is 19.7. The highest BCUT2D eigenvalue weighted by molar-refractivity contribution is 5.84. The van der Waals surface area contributed by atoms with E-state index >= 15 is 0 Å². The molecule has 3 aromatic carbocycles. The summed E-state index contributed by atoms with van der Waals surface area (Å²) in [5.41, 5.74) is 5.50. The second kappa shape index (κ2) is 11.3. The lowest BCUT2D eigenvalue weighted by molar-refractivity contribution is -0.171. The van der Waals surface area contributed by atoms with Gasteiger partial charge in [-0.25, -0.2) is 0 Å². The summed E-state index contributed by atoms with van der Waals surface area (Å²) < 4.78 is 43.0. The Morgan fingerprint density at radius 1 is 0.853 bits per heavy atom. The molecule has 34 heavy (non-hydrogen) atoms. The van der Waals surface area contributed by atoms with Gasteiger partial charge in [0.15, 0.2) is 0 Å². The molecule has 0 aromatic heterocycles. The van der Waals surface area contributed by atoms with Gasteiger partial charge in [-0.05, 0) is 56.1 Å². The zero-order chi connectivity index (χ0) is 24.7. The van der Waals surface area contributed by atoms with Crippen LogP contribution in [-0.4, -0.2) is 37.1 Å². The van der Waals surface area contributed by atoms with Crippen molar-refractivity contribution in [3.63, 3.8) is 0 Å². The number of hydrogen-bond donors (Lipinski definition) is 0. The first-order chi connectivity index (χ1) is 16.1. The van der Waals surface area contributed by atoms with Crippen molar-refractivity contribution in [2.24, 2.45) is 0 Å². The Morgan fingerprint density at radius 3 is 1.82 bits per heavy atom. The fourth-order valence-electron chi connectivity index (χ4n) is 3.79. The maximum atomic E-state index is 12.4. The van der Waals surface area contributed by atoms with E-state index < -0.39 is 18.4 Å². The second-order valence-corrected chi connectivity index (χ2v) is 8.62. The van der Waals surface area contributed by atoms with E-state index in [1.807, 2.05) is 0 Å². The van der Waals surface area contributed by atoms with Crippen molar-refractivity contribution in [2.45, 2.75) is 38.9 Å². The summed E-state index contributed by atoms with van der Waals surface area (Å²) in [6, 6.07) is 24.0. The largest absolute Gasteiger partial charge is 0.492 e. The third kappa shape index (κ3) is 7.19. The fourth-order valence-corrected chi connectivity index (χ4v) is 3.79. The minimum absolute atomic E-state index is 0.0517. The normalized spacial score (nSPS) is 11.8. The van der Waals surface area contributed by atoms with E-state index in [0.717, 1.165) is 0 Å². The van der Waals surface area contributed by atoms with Crippen LogP contribution in [0.5, 0.6) is 5.75 Å². The first-order valence-electron chi connectivity index (χ1n) is 11.3. The number of halogens is 3. The summed E-state index contributed by atoms with van der Waals surface area (Å²) in [5.74, 6) is -1.06. The van der Waals surface area contributed by atoms with Gasteiger partial charge in [-0.2, -0.15) is 13.2 Å². The number of Topliss-reactive ketones (excluding diaryl/α,β-unsaturated/α-hetero) is 1. The molecule has 0 N–H and O–H groups in total. The SMILES string of the molecule is Cc1ccc(C(c2ccc(C)cc2)N(C)CCOc2ccc(CCC(=O)C(F)(F)F)cc2)cc1. The van der Waals surface area contributed by atoms with Gasteiger partial charge in [0.25, 0.3) is 0 Å². The molecule has 0 saturated carbocycles. The first-order valence-corrected chi connectivity index (χ1v) is 11.3. The summed E-state index contributed by atoms with van der Waals surface area (Å²) in [7, 11) is 2.06. The molecule has 0 aliphatic rings. The molecule has 0 radical (unpaired) electrons. The van der Waals surface area contributed by atoms with Crippen LogP contribution in [0, 0.1) is 13.8 Å². The summed E-state index contributed by atoms with van der Waals surface area (Å²) in [6.45, 7) is 5.27. The maximum absolute atomic E-state index is 12.4. The van der Waals surface area contributed by atoms with E-state index in [1.54, 1.807) is 24.3 Å². The molecule has 6 heteroatoms. The van der Waals surface area contributed by atoms with E-state index in [1.165, 1.54) is 22.3 Å². The van der Waals surface area contributed by atoms with Gasteiger partial charge in [0, 0.05) is 13.0 Å². The number of likely N-dealkylation sites (N-methyl/N-ethyl adjacent to an activating group) is 1. The minimum atomic E-state index is -4.77. The van der Waals surface area contributed by atoms with Gasteiger partial charge in [-0.3, -0.25) is 9.69 Å². The van der Waals surface area contributed by atoms with E-state index in [4.69, 9.17) is 4.74 Å². The van der Waals surface area contributed by atoms with Gasteiger partial charge in [0.2, 0.25) is 5.78 Å². The number of ether oxygens (including phenoxy) is 1. The van der Waals surface area contributed by atoms with Crippen LogP contribution in [0.2, 0.25) is 0 Å². The number of aryl methyl sites for hydroxylation is 3. The van der Waals surface area contributed by atoms with Crippen molar-refractivity contribution in [3.05, 3.63) is 101 Å². The zero-order valence-corrected chi connectivity index (χ0v) is 19.7. The number of nitrogens with zero attached hydrogens (tertiary/aromatic N) is 1. The molecule has 0 fully saturated rings. The van der Waals surface area contributed by atoms with Crippen molar-refractivity contribution in [1.29, 1.82) is 0 Å². The molecular formula is C28H30F3NO2. The number of ketones is 1. The lowest BCUT2D eigenvalue weighted by Crippen LogP contribution is -2.29. The summed E-state index contributed by atoms with van der Waals surface area (Å²) in [4.78, 5) is 13.3. The molecule has 3 aromatic rings. The Bertz CT molecular complexity index is 1010. The molecule has 3 nitrogen and oxygen atoms in total. The number of carbonyl (C=O) groups is 1. The van der Waals surface area contributed by atoms with Crippen LogP contribution in [0.15, 0.2) is 72.8 Å². The number of rotatable bonds is 10. The molecule has 0 heterocycles. The summed E-state index contributed by atoms with van der Waals surface area (Å²) in [5, 5.41) is 0. The molecular weight excluding hydrogens is 439 g/mol. The van der Waals surface area contributed by atoms with Gasteiger partial charge in [0.1, 0.15) is 12.4 Å². The molecule has 0 saturated heterocycles. The quantitative estimate of drug-likeness (QED) is 0.341. The van der Waals surface area contributed by atoms with E-state index in [9.17, 15) is 18.0 Å². The number of hydrogen-bond acceptors (Lipinski definition) is 3. The molecule has 0 spiro atoms. The Labute approximate surface area is 199 Å². The standard InChI is InChI=1S/C28H30F3NO2/c1-20-4-11-23(12-5-20)27(24-13-6-21(2)7-14-24)32(3)18-19-34-25-15-8-22(9-16-25)10-17-26(33)28(29,30)31/h4-9,11-16,27H,10,17-19H2,1-3H3. The molecule has 0 amide bonds. The van der Waals surface area contributed by atoms with Crippen LogP contribution in [0.1, 0.15) is 40.3 Å². The average Bonchev–Trinajstić information content (AvgIpc) is 2.80. The molecule has 0 aliphatic heterocycles. The fraction of sp³-hybridized carbons (Fsp3) is 0.321. The van der Waals surface area contributed by atoms with E-state index in [2.05, 4.69) is 74.3 Å². The van der Waals surface area contributed by atoms with Crippen LogP contribution in [-0.2, 0) is 11.2 Å². The van der Waals surface area contributed by atoms with E-state index in [-0.39, 0.29) is 12.5 Å². The van der Waals surface area contributed by atoms with Gasteiger partial charge < -0.3 is 4.74 Å². The van der Waals surface area contributed by atoms with Crippen molar-refractivity contribution in [1.82, 2.24) is 4.90 Å². The lowest BCUT2D eigenvalue weighted by Gasteiger charge is -2.29. The van der Waals surface area contributed by atoms with Crippen LogP contribution < -0.4 is 4.74 Å². The van der Waals surface area contributed by atoms with E-state index in [0.29, 0.717) is 24.5 Å². The Balaban J connectivity index is 1.59. The predicted octanol–water partition coefficient (Wildman–Crippen LogP) is 6.47. The summed E-state index contributed by atoms with van der Waals surface area (Å²) in [6.07, 6.45) is -5.27. The Morgan fingerprint density at radius 2 is 1.35 bits per heavy atom. The monoisotopic (exact) mass is 469 g/mol. The Kier molecular flexibility index (Phi) is 8.51. The smallest absolute Gasteiger partial charge is 0.449 e. The predicted molar refractivity (Wildman–Crippen MR) is 128 cm³/mol. The van der Waals surface area contributed by atoms with Crippen molar-refractivity contribution < 1.29 is 22.7 Å². The van der Waals surface area contributed by atoms with Gasteiger partial charge >= 0.3 is 6.18 Å². The van der Waals surface area contributed by atoms with Gasteiger partial charge in [-0.1, -0.05) is 71.8 Å². The highest BCUT2D eigenvalue weighted by atomic mass is 19.4. The highest BCUT2D eigenvalue weighted by Gasteiger charge is 2.37. The first kappa shape index (κ1) is 25.5. The number of benzene rings is 3. The second-order valence-electron chi connectivity index (χ2n) is 8.62. The molecule has 0 bridgehead atoms. The molecule has 180 valence electrons. The minimum Gasteiger partial charge on any atom is -0.492 e. The molecule has 0 aliphatic carbocycles. The third-order valence-electron chi connectivity index (χ3n) is 5.82. The van der Waals surface area contributed by atoms with Crippen LogP contribution in [0.3, 0.4) is 0 Å². The average molecular weight is 470 g/mol. The number of alkyl halides is 3. The Hall–Kier alpha value is -3.12. The number of carbonyl (C=O) groups excluding carboxylic acids is 1. The topological polar surface area (TPSA) is 29.5 Å². The summed E-state index contributed by atoms with van der Waals surface area (Å²) >= 11 is 0. The van der Waals surface area contributed by atoms with Crippen LogP contribution >= 0.6 is 0 Å². The third-order valence-corrected chi connectivity index (χ3v) is 5.82. The van der Waals surface area contributed by atoms with Crippen molar-refractivity contribution in [3.8, 4) is 5.75 Å². The van der Waals surface area contributed by atoms with Gasteiger partial charge in [0.05, 0.1) is 6.04 Å². The van der Waals surface area contributed by atoms with Crippen LogP contribution in [0.25, 0.3) is 0 Å². The van der Waals surface area contributed by atoms with Gasteiger partial charge in [-0.15, -0.1) is 0 Å². The molecule has 0 atom stereocenters. The lowest BCUT2D eigenvalue weighted by atomic mass is 9.96. The molecule has 0 unspecified atom stereocenters. The van der Waals surface area contributed by atoms with Crippen molar-refractivity contribution in [2.75, 3.05) is 20.2 Å². The van der Waals surface area contributed by atoms with Crippen molar-refractivity contribution >= 4 is 5.78 Å². The molecule has 3 rings (SSSR count). The maximum Gasteiger partial charge on any atom is 0.449 e.